The minimum atomic E-state index is -0.924. The van der Waals surface area contributed by atoms with E-state index in [4.69, 9.17) is 10.2 Å². The highest BCUT2D eigenvalue weighted by molar-refractivity contribution is 5.80. The molecule has 4 nitrogen and oxygen atoms in total. The summed E-state index contributed by atoms with van der Waals surface area (Å²) in [4.78, 5) is 20.6. The maximum Gasteiger partial charge on any atom is 0.328 e. The van der Waals surface area contributed by atoms with Crippen LogP contribution in [0.15, 0.2) is 36.5 Å². The quantitative estimate of drug-likeness (QED) is 0.170. The second-order valence-electron chi connectivity index (χ2n) is 6.69. The van der Waals surface area contributed by atoms with E-state index in [1.54, 1.807) is 6.08 Å². The van der Waals surface area contributed by atoms with Crippen LogP contribution in [0.1, 0.15) is 89.9 Å². The van der Waals surface area contributed by atoms with E-state index >= 15 is 0 Å². The third-order valence-corrected chi connectivity index (χ3v) is 4.22. The molecule has 0 aliphatic rings. The molecule has 0 atom stereocenters. The average molecular weight is 365 g/mol. The van der Waals surface area contributed by atoms with Gasteiger partial charge in [-0.15, -0.1) is 0 Å². The van der Waals surface area contributed by atoms with E-state index in [1.807, 2.05) is 12.2 Å². The molecular formula is C22H36O4. The summed E-state index contributed by atoms with van der Waals surface area (Å²) in [6.45, 7) is 0. The van der Waals surface area contributed by atoms with Gasteiger partial charge in [0, 0.05) is 12.5 Å². The van der Waals surface area contributed by atoms with Crippen molar-refractivity contribution < 1.29 is 19.8 Å². The lowest BCUT2D eigenvalue weighted by atomic mass is 10.0. The summed E-state index contributed by atoms with van der Waals surface area (Å²) in [5, 5.41) is 17.0. The van der Waals surface area contributed by atoms with Gasteiger partial charge in [0.2, 0.25) is 0 Å². The van der Waals surface area contributed by atoms with Gasteiger partial charge in [-0.1, -0.05) is 94.6 Å². The van der Waals surface area contributed by atoms with E-state index in [-0.39, 0.29) is 0 Å². The van der Waals surface area contributed by atoms with Crippen LogP contribution in [0.3, 0.4) is 0 Å². The first-order valence-corrected chi connectivity index (χ1v) is 10.1. The normalized spacial score (nSPS) is 11.8. The van der Waals surface area contributed by atoms with E-state index in [0.717, 1.165) is 25.3 Å². The third kappa shape index (κ3) is 22.2. The monoisotopic (exact) mass is 364 g/mol. The maximum atomic E-state index is 10.4. The van der Waals surface area contributed by atoms with Crippen molar-refractivity contribution in [2.45, 2.75) is 89.9 Å². The van der Waals surface area contributed by atoms with E-state index in [0.29, 0.717) is 6.42 Å². The van der Waals surface area contributed by atoms with E-state index in [1.165, 1.54) is 70.3 Å². The zero-order valence-electron chi connectivity index (χ0n) is 16.1. The zero-order valence-corrected chi connectivity index (χ0v) is 16.1. The lowest BCUT2D eigenvalue weighted by Gasteiger charge is -2.02. The number of carbonyl (C=O) groups is 2. The minimum absolute atomic E-state index is 0.316. The number of allylic oxidation sites excluding steroid dienone is 5. The van der Waals surface area contributed by atoms with Crippen LogP contribution in [0, 0.1) is 0 Å². The number of carboxylic acid groups (broad SMARTS) is 2. The summed E-state index contributed by atoms with van der Waals surface area (Å²) in [5.41, 5.74) is 0. The standard InChI is InChI=1S/C22H36O4/c23-21(24)19-17-15-13-11-9-7-5-3-1-2-4-6-8-10-12-14-16-18-20-22(25)26/h9,11,13,15,17,19H,1-8,10,12,14,16,18,20H2,(H,23,24)(H,25,26). The summed E-state index contributed by atoms with van der Waals surface area (Å²) < 4.78 is 0. The van der Waals surface area contributed by atoms with Crippen LogP contribution < -0.4 is 0 Å². The van der Waals surface area contributed by atoms with Crippen LogP contribution in [-0.4, -0.2) is 22.2 Å². The van der Waals surface area contributed by atoms with Crippen molar-refractivity contribution in [3.8, 4) is 0 Å². The molecule has 0 aromatic heterocycles. The molecule has 26 heavy (non-hydrogen) atoms. The molecule has 0 aromatic rings. The Bertz CT molecular complexity index is 435. The third-order valence-electron chi connectivity index (χ3n) is 4.22. The Kier molecular flexibility index (Phi) is 18.1. The summed E-state index contributed by atoms with van der Waals surface area (Å²) in [5.74, 6) is -1.60. The van der Waals surface area contributed by atoms with Crippen LogP contribution in [0.5, 0.6) is 0 Å². The largest absolute Gasteiger partial charge is 0.481 e. The van der Waals surface area contributed by atoms with Gasteiger partial charge in [-0.3, -0.25) is 4.79 Å². The molecule has 0 radical (unpaired) electrons. The number of rotatable bonds is 18. The van der Waals surface area contributed by atoms with Crippen LogP contribution in [0.2, 0.25) is 0 Å². The van der Waals surface area contributed by atoms with Gasteiger partial charge in [0.05, 0.1) is 0 Å². The number of unbranched alkanes of at least 4 members (excludes halogenated alkanes) is 12. The molecule has 0 rings (SSSR count). The van der Waals surface area contributed by atoms with Gasteiger partial charge in [0.25, 0.3) is 0 Å². The Labute approximate surface area is 158 Å². The maximum absolute atomic E-state index is 10.4. The fraction of sp³-hybridized carbons (Fsp3) is 0.636. The lowest BCUT2D eigenvalue weighted by molar-refractivity contribution is -0.137. The molecule has 0 bridgehead atoms. The van der Waals surface area contributed by atoms with Crippen molar-refractivity contribution in [2.75, 3.05) is 0 Å². The first-order valence-electron chi connectivity index (χ1n) is 10.1. The van der Waals surface area contributed by atoms with Crippen LogP contribution in [0.4, 0.5) is 0 Å². The zero-order chi connectivity index (χ0) is 19.3. The number of hydrogen-bond acceptors (Lipinski definition) is 2. The molecule has 0 heterocycles. The number of hydrogen-bond donors (Lipinski definition) is 2. The van der Waals surface area contributed by atoms with Crippen molar-refractivity contribution in [1.29, 1.82) is 0 Å². The Morgan fingerprint density at radius 3 is 1.54 bits per heavy atom. The van der Waals surface area contributed by atoms with Gasteiger partial charge < -0.3 is 10.2 Å². The van der Waals surface area contributed by atoms with Gasteiger partial charge in [0.1, 0.15) is 0 Å². The van der Waals surface area contributed by atoms with Crippen molar-refractivity contribution in [3.63, 3.8) is 0 Å². The summed E-state index contributed by atoms with van der Waals surface area (Å²) >= 11 is 0. The molecule has 0 aromatic carbocycles. The number of carboxylic acids is 2. The smallest absolute Gasteiger partial charge is 0.328 e. The highest BCUT2D eigenvalue weighted by Gasteiger charge is 1.96. The Balaban J connectivity index is 3.20. The SMILES string of the molecule is O=C(O)C=CC=CC=CCCCCCCCCCCCCCCC(=O)O. The molecule has 0 saturated heterocycles. The first kappa shape index (κ1) is 24.2. The molecule has 2 N–H and O–H groups in total. The molecular weight excluding hydrogens is 328 g/mol. The number of aliphatic carboxylic acids is 2. The lowest BCUT2D eigenvalue weighted by Crippen LogP contribution is -1.93. The van der Waals surface area contributed by atoms with Crippen LogP contribution in [-0.2, 0) is 9.59 Å². The fourth-order valence-electron chi connectivity index (χ4n) is 2.75. The topological polar surface area (TPSA) is 74.6 Å². The Morgan fingerprint density at radius 2 is 1.04 bits per heavy atom. The molecule has 0 fully saturated rings. The Morgan fingerprint density at radius 1 is 0.577 bits per heavy atom. The average Bonchev–Trinajstić information content (AvgIpc) is 2.59. The first-order chi connectivity index (χ1) is 12.6. The van der Waals surface area contributed by atoms with Gasteiger partial charge in [0.15, 0.2) is 0 Å². The van der Waals surface area contributed by atoms with Gasteiger partial charge in [-0.25, -0.2) is 4.79 Å². The molecule has 0 aliphatic heterocycles. The highest BCUT2D eigenvalue weighted by atomic mass is 16.4. The summed E-state index contributed by atoms with van der Waals surface area (Å²) in [6, 6.07) is 0. The van der Waals surface area contributed by atoms with Crippen molar-refractivity contribution >= 4 is 11.9 Å². The molecule has 0 unspecified atom stereocenters. The van der Waals surface area contributed by atoms with E-state index in [9.17, 15) is 9.59 Å². The van der Waals surface area contributed by atoms with Crippen molar-refractivity contribution in [1.82, 2.24) is 0 Å². The molecule has 4 heteroatoms. The Hall–Kier alpha value is -1.84. The minimum Gasteiger partial charge on any atom is -0.481 e. The molecule has 148 valence electrons. The van der Waals surface area contributed by atoms with Crippen molar-refractivity contribution in [2.24, 2.45) is 0 Å². The second-order valence-corrected chi connectivity index (χ2v) is 6.69. The highest BCUT2D eigenvalue weighted by Crippen LogP contribution is 2.13. The molecule has 0 spiro atoms. The summed E-state index contributed by atoms with van der Waals surface area (Å²) in [6.07, 6.45) is 26.3. The predicted octanol–water partition coefficient (Wildman–Crippen LogP) is 6.29. The van der Waals surface area contributed by atoms with Gasteiger partial charge in [-0.2, -0.15) is 0 Å². The van der Waals surface area contributed by atoms with Gasteiger partial charge in [-0.05, 0) is 19.3 Å². The van der Waals surface area contributed by atoms with Gasteiger partial charge >= 0.3 is 11.9 Å². The second kappa shape index (κ2) is 19.5. The van der Waals surface area contributed by atoms with Crippen LogP contribution in [0.25, 0.3) is 0 Å². The molecule has 0 amide bonds. The summed E-state index contributed by atoms with van der Waals surface area (Å²) in [7, 11) is 0. The fourth-order valence-corrected chi connectivity index (χ4v) is 2.75. The van der Waals surface area contributed by atoms with E-state index < -0.39 is 11.9 Å². The molecule has 0 aliphatic carbocycles. The predicted molar refractivity (Wildman–Crippen MR) is 107 cm³/mol. The van der Waals surface area contributed by atoms with Crippen molar-refractivity contribution in [3.05, 3.63) is 36.5 Å². The van der Waals surface area contributed by atoms with Crippen LogP contribution >= 0.6 is 0 Å². The van der Waals surface area contributed by atoms with E-state index in [2.05, 4.69) is 6.08 Å². The molecule has 0 saturated carbocycles.